The molecule has 1 aliphatic rings. The smallest absolute Gasteiger partial charge is 0.352 e. The Kier molecular flexibility index (Phi) is 6.77. The van der Waals surface area contributed by atoms with Gasteiger partial charge >= 0.3 is 5.69 Å². The number of aromatic nitrogens is 2. The number of ether oxygens (including phenoxy) is 1. The molecule has 2 atom stereocenters. The number of anilines is 1. The molecule has 10 heteroatoms. The number of hydrogen-bond acceptors (Lipinski definition) is 5. The molecule has 172 valence electrons. The fourth-order valence-electron chi connectivity index (χ4n) is 2.79. The monoisotopic (exact) mass is 463 g/mol. The number of rotatable bonds is 6. The van der Waals surface area contributed by atoms with Gasteiger partial charge in [-0.05, 0) is 36.3 Å². The molecule has 1 aromatic heterocycles. The number of benzene rings is 1. The van der Waals surface area contributed by atoms with Crippen LogP contribution in [-0.2, 0) is 9.16 Å². The van der Waals surface area contributed by atoms with E-state index in [2.05, 4.69) is 44.2 Å². The van der Waals surface area contributed by atoms with E-state index in [4.69, 9.17) is 9.16 Å². The van der Waals surface area contributed by atoms with Crippen molar-refractivity contribution >= 4 is 20.0 Å². The first-order chi connectivity index (χ1) is 14.9. The van der Waals surface area contributed by atoms with Crippen LogP contribution in [0.4, 0.5) is 14.6 Å². The molecule has 7 nitrogen and oxygen atoms in total. The summed E-state index contributed by atoms with van der Waals surface area (Å²) >= 11 is 0. The Morgan fingerprint density at radius 3 is 2.53 bits per heavy atom. The fourth-order valence-corrected chi connectivity index (χ4v) is 3.81. The van der Waals surface area contributed by atoms with Crippen molar-refractivity contribution in [2.24, 2.45) is 0 Å². The van der Waals surface area contributed by atoms with E-state index >= 15 is 0 Å². The van der Waals surface area contributed by atoms with Gasteiger partial charge in [0.1, 0.15) is 11.9 Å². The zero-order chi connectivity index (χ0) is 23.7. The van der Waals surface area contributed by atoms with Crippen LogP contribution in [0.1, 0.15) is 37.4 Å². The molecule has 0 saturated carbocycles. The van der Waals surface area contributed by atoms with Gasteiger partial charge < -0.3 is 14.5 Å². The van der Waals surface area contributed by atoms with Gasteiger partial charge in [0.25, 0.3) is 5.91 Å². The van der Waals surface area contributed by atoms with Crippen LogP contribution in [0.25, 0.3) is 0 Å². The largest absolute Gasteiger partial charge is 0.414 e. The van der Waals surface area contributed by atoms with Crippen LogP contribution in [0.3, 0.4) is 0 Å². The van der Waals surface area contributed by atoms with Gasteiger partial charge in [0.15, 0.2) is 26.2 Å². The van der Waals surface area contributed by atoms with Crippen molar-refractivity contribution in [1.82, 2.24) is 9.55 Å². The predicted molar refractivity (Wildman–Crippen MR) is 119 cm³/mol. The van der Waals surface area contributed by atoms with E-state index in [-0.39, 0.29) is 17.2 Å². The van der Waals surface area contributed by atoms with Gasteiger partial charge in [-0.15, -0.1) is 0 Å². The first kappa shape index (κ1) is 24.0. The average Bonchev–Trinajstić information content (AvgIpc) is 3.09. The van der Waals surface area contributed by atoms with Gasteiger partial charge in [-0.3, -0.25) is 9.36 Å². The molecule has 1 N–H and O–H groups in total. The highest BCUT2D eigenvalue weighted by atomic mass is 28.4. The zero-order valence-electron chi connectivity index (χ0n) is 18.7. The van der Waals surface area contributed by atoms with Crippen molar-refractivity contribution in [3.05, 3.63) is 70.3 Å². The summed E-state index contributed by atoms with van der Waals surface area (Å²) in [5.74, 6) is -2.90. The summed E-state index contributed by atoms with van der Waals surface area (Å²) in [6, 6.07) is 8.09. The molecule has 1 amide bonds. The lowest BCUT2D eigenvalue weighted by Crippen LogP contribution is -2.42. The molecular formula is C22H27F2N3O4Si. The minimum Gasteiger partial charge on any atom is -0.414 e. The maximum absolute atomic E-state index is 14.6. The number of carbonyl (C=O) groups is 1. The summed E-state index contributed by atoms with van der Waals surface area (Å²) in [7, 11) is -2.08. The second-order valence-corrected chi connectivity index (χ2v) is 13.9. The van der Waals surface area contributed by atoms with Crippen LogP contribution in [0.15, 0.2) is 53.2 Å². The minimum atomic E-state index is -2.08. The highest BCUT2D eigenvalue weighted by Crippen LogP contribution is 2.37. The lowest BCUT2D eigenvalue weighted by atomic mass is 10.2. The van der Waals surface area contributed by atoms with E-state index in [0.29, 0.717) is 4.57 Å². The lowest BCUT2D eigenvalue weighted by molar-refractivity contribution is -0.0195. The lowest BCUT2D eigenvalue weighted by Gasteiger charge is -2.36. The molecule has 0 radical (unpaired) electrons. The highest BCUT2D eigenvalue weighted by molar-refractivity contribution is 6.74. The second kappa shape index (κ2) is 9.05. The average molecular weight is 464 g/mol. The Morgan fingerprint density at radius 1 is 1.25 bits per heavy atom. The van der Waals surface area contributed by atoms with Gasteiger partial charge in [0, 0.05) is 5.56 Å². The van der Waals surface area contributed by atoms with Crippen molar-refractivity contribution in [3.63, 3.8) is 0 Å². The maximum Gasteiger partial charge on any atom is 0.352 e. The second-order valence-electron chi connectivity index (χ2n) is 9.10. The Bertz CT molecular complexity index is 1080. The molecule has 2 aromatic rings. The Labute approximate surface area is 186 Å². The fraction of sp³-hybridized carbons (Fsp3) is 0.409. The maximum atomic E-state index is 14.6. The molecule has 0 fully saturated rings. The van der Waals surface area contributed by atoms with Crippen molar-refractivity contribution in [2.45, 2.75) is 51.2 Å². The Morgan fingerprint density at radius 2 is 1.91 bits per heavy atom. The van der Waals surface area contributed by atoms with Crippen LogP contribution in [0.5, 0.6) is 0 Å². The highest BCUT2D eigenvalue weighted by Gasteiger charge is 2.39. The molecule has 1 aromatic carbocycles. The van der Waals surface area contributed by atoms with E-state index in [1.54, 1.807) is 18.2 Å². The topological polar surface area (TPSA) is 82.5 Å². The van der Waals surface area contributed by atoms with Crippen molar-refractivity contribution in [2.75, 3.05) is 11.9 Å². The molecule has 0 aliphatic carbocycles. The van der Waals surface area contributed by atoms with Crippen LogP contribution in [-0.4, -0.2) is 36.5 Å². The summed E-state index contributed by atoms with van der Waals surface area (Å²) in [4.78, 5) is 28.2. The van der Waals surface area contributed by atoms with Gasteiger partial charge in [0.2, 0.25) is 0 Å². The molecule has 0 bridgehead atoms. The molecule has 0 saturated heterocycles. The predicted octanol–water partition coefficient (Wildman–Crippen LogP) is 4.41. The van der Waals surface area contributed by atoms with Gasteiger partial charge in [-0.1, -0.05) is 39.0 Å². The van der Waals surface area contributed by atoms with Crippen LogP contribution >= 0.6 is 0 Å². The normalized spacial score (nSPS) is 19.0. The van der Waals surface area contributed by atoms with Crippen LogP contribution < -0.4 is 11.0 Å². The minimum absolute atomic E-state index is 0.0305. The van der Waals surface area contributed by atoms with Gasteiger partial charge in [-0.25, -0.2) is 13.6 Å². The summed E-state index contributed by atoms with van der Waals surface area (Å²) in [5, 5.41) is 2.22. The third-order valence-electron chi connectivity index (χ3n) is 5.73. The first-order valence-electron chi connectivity index (χ1n) is 10.2. The quantitative estimate of drug-likeness (QED) is 0.642. The van der Waals surface area contributed by atoms with Crippen LogP contribution in [0, 0.1) is 5.82 Å². The third-order valence-corrected chi connectivity index (χ3v) is 10.2. The number of nitrogens with zero attached hydrogens (tertiary/aromatic N) is 2. The number of halogens is 2. The molecule has 32 heavy (non-hydrogen) atoms. The van der Waals surface area contributed by atoms with E-state index in [9.17, 15) is 18.4 Å². The zero-order valence-corrected chi connectivity index (χ0v) is 19.7. The number of carbonyl (C=O) groups excluding carboxylic acids is 1. The molecule has 0 spiro atoms. The molecule has 0 unspecified atom stereocenters. The molecule has 2 heterocycles. The molecule has 3 rings (SSSR count). The molecule has 1 aliphatic heterocycles. The number of amides is 1. The summed E-state index contributed by atoms with van der Waals surface area (Å²) in [5.41, 5.74) is -0.690. The van der Waals surface area contributed by atoms with E-state index in [1.165, 1.54) is 18.2 Å². The SMILES string of the molecule is CC(C)(C)[Si](C)(C)OC[C@@H]1C=C(F)[C@@H](n2cc(F)c(NC(=O)c3ccccc3)nc2=O)O1. The van der Waals surface area contributed by atoms with Gasteiger partial charge in [-0.2, -0.15) is 4.98 Å². The van der Waals surface area contributed by atoms with E-state index in [0.717, 1.165) is 6.20 Å². The number of nitrogens with one attached hydrogen (secondary N) is 1. The van der Waals surface area contributed by atoms with Crippen LogP contribution in [0.2, 0.25) is 18.1 Å². The summed E-state index contributed by atoms with van der Waals surface area (Å²) in [6.45, 7) is 10.5. The van der Waals surface area contributed by atoms with Crippen molar-refractivity contribution in [3.8, 4) is 0 Å². The van der Waals surface area contributed by atoms with E-state index < -0.39 is 49.7 Å². The van der Waals surface area contributed by atoms with Gasteiger partial charge in [0.05, 0.1) is 12.8 Å². The Hall–Kier alpha value is -2.69. The first-order valence-corrected chi connectivity index (χ1v) is 13.1. The Balaban J connectivity index is 1.72. The summed E-state index contributed by atoms with van der Waals surface area (Å²) in [6.07, 6.45) is -0.184. The van der Waals surface area contributed by atoms with Crippen molar-refractivity contribution < 1.29 is 22.7 Å². The summed E-state index contributed by atoms with van der Waals surface area (Å²) < 4.78 is 41.5. The standard InChI is InChI=1S/C22H27F2N3O4Si/c1-22(2,3)32(4,5)30-13-15-11-16(23)20(31-15)27-12-17(24)18(26-21(27)29)25-19(28)14-9-7-6-8-10-14/h6-12,15,20H,13H2,1-5H3,(H,25,26,28,29)/t15-,20-/m0/s1. The number of hydrogen-bond donors (Lipinski definition) is 1. The molecular weight excluding hydrogens is 436 g/mol. The van der Waals surface area contributed by atoms with Crippen molar-refractivity contribution in [1.29, 1.82) is 0 Å². The third kappa shape index (κ3) is 5.20. The van der Waals surface area contributed by atoms with E-state index in [1.807, 2.05) is 0 Å².